The van der Waals surface area contributed by atoms with Gasteiger partial charge in [-0.2, -0.15) is 0 Å². The fraction of sp³-hybridized carbons (Fsp3) is 0.517. The van der Waals surface area contributed by atoms with Crippen molar-refractivity contribution in [1.29, 1.82) is 0 Å². The number of aryl methyl sites for hydroxylation is 1. The number of anilines is 1. The van der Waals surface area contributed by atoms with Crippen molar-refractivity contribution in [3.63, 3.8) is 0 Å². The minimum absolute atomic E-state index is 0.110. The average molecular weight is 562 g/mol. The van der Waals surface area contributed by atoms with Crippen molar-refractivity contribution in [2.45, 2.75) is 84.3 Å². The van der Waals surface area contributed by atoms with Gasteiger partial charge in [0, 0.05) is 30.6 Å². The summed E-state index contributed by atoms with van der Waals surface area (Å²) in [6.45, 7) is 5.98. The number of nitrogens with one attached hydrogen (secondary N) is 1. The third-order valence-corrected chi connectivity index (χ3v) is 8.97. The maximum Gasteiger partial charge on any atom is 0.242 e. The highest BCUT2D eigenvalue weighted by molar-refractivity contribution is 7.92. The first-order valence-electron chi connectivity index (χ1n) is 13.4. The molecule has 0 aromatic heterocycles. The lowest BCUT2D eigenvalue weighted by atomic mass is 9.95. The fourth-order valence-corrected chi connectivity index (χ4v) is 6.16. The Morgan fingerprint density at radius 1 is 1.05 bits per heavy atom. The van der Waals surface area contributed by atoms with Gasteiger partial charge < -0.3 is 10.2 Å². The second kappa shape index (κ2) is 13.5. The SMILES string of the molecule is Cc1ccccc1CN(C(=O)CCCN(c1cccc(Cl)c1C)S(C)(=O)=O)[C@H](C)C(=O)NC1CCCCC1. The van der Waals surface area contributed by atoms with Crippen LogP contribution >= 0.6 is 11.6 Å². The molecule has 0 heterocycles. The summed E-state index contributed by atoms with van der Waals surface area (Å²) in [6.07, 6.45) is 6.90. The Hall–Kier alpha value is -2.58. The second-order valence-corrected chi connectivity index (χ2v) is 12.6. The minimum atomic E-state index is -3.59. The molecule has 38 heavy (non-hydrogen) atoms. The van der Waals surface area contributed by atoms with E-state index in [4.69, 9.17) is 11.6 Å². The number of rotatable bonds is 11. The number of sulfonamides is 1. The first-order valence-corrected chi connectivity index (χ1v) is 15.6. The summed E-state index contributed by atoms with van der Waals surface area (Å²) in [7, 11) is -3.59. The Morgan fingerprint density at radius 3 is 2.39 bits per heavy atom. The smallest absolute Gasteiger partial charge is 0.242 e. The molecule has 3 rings (SSSR count). The Morgan fingerprint density at radius 2 is 1.74 bits per heavy atom. The molecule has 0 unspecified atom stereocenters. The summed E-state index contributed by atoms with van der Waals surface area (Å²) in [5.41, 5.74) is 3.19. The van der Waals surface area contributed by atoms with Gasteiger partial charge in [0.25, 0.3) is 0 Å². The highest BCUT2D eigenvalue weighted by Gasteiger charge is 2.29. The number of carbonyl (C=O) groups is 2. The first-order chi connectivity index (χ1) is 18.0. The molecule has 1 aliphatic rings. The van der Waals surface area contributed by atoms with E-state index >= 15 is 0 Å². The summed E-state index contributed by atoms with van der Waals surface area (Å²) in [5.74, 6) is -0.332. The summed E-state index contributed by atoms with van der Waals surface area (Å²) in [6, 6.07) is 12.5. The average Bonchev–Trinajstić information content (AvgIpc) is 2.87. The van der Waals surface area contributed by atoms with Crippen LogP contribution in [0.25, 0.3) is 0 Å². The van der Waals surface area contributed by atoms with Crippen LogP contribution in [0.2, 0.25) is 5.02 Å². The number of hydrogen-bond acceptors (Lipinski definition) is 4. The number of hydrogen-bond donors (Lipinski definition) is 1. The summed E-state index contributed by atoms with van der Waals surface area (Å²) >= 11 is 6.24. The van der Waals surface area contributed by atoms with Gasteiger partial charge in [-0.15, -0.1) is 0 Å². The molecule has 208 valence electrons. The van der Waals surface area contributed by atoms with Crippen LogP contribution in [0, 0.1) is 13.8 Å². The summed E-state index contributed by atoms with van der Waals surface area (Å²) in [5, 5.41) is 3.63. The van der Waals surface area contributed by atoms with Gasteiger partial charge in [-0.1, -0.05) is 61.2 Å². The zero-order valence-electron chi connectivity index (χ0n) is 22.9. The van der Waals surface area contributed by atoms with Crippen LogP contribution in [0.1, 0.15) is 68.6 Å². The van der Waals surface area contributed by atoms with Gasteiger partial charge in [0.05, 0.1) is 11.9 Å². The van der Waals surface area contributed by atoms with Crippen molar-refractivity contribution in [2.75, 3.05) is 17.1 Å². The van der Waals surface area contributed by atoms with Gasteiger partial charge >= 0.3 is 0 Å². The molecule has 1 N–H and O–H groups in total. The van der Waals surface area contributed by atoms with E-state index in [-0.39, 0.29) is 30.8 Å². The third-order valence-electron chi connectivity index (χ3n) is 7.38. The zero-order chi connectivity index (χ0) is 27.9. The molecule has 1 fully saturated rings. The maximum atomic E-state index is 13.5. The molecule has 0 bridgehead atoms. The van der Waals surface area contributed by atoms with Crippen LogP contribution in [0.15, 0.2) is 42.5 Å². The highest BCUT2D eigenvalue weighted by atomic mass is 35.5. The number of nitrogens with zero attached hydrogens (tertiary/aromatic N) is 2. The van der Waals surface area contributed by atoms with Gasteiger partial charge in [-0.3, -0.25) is 13.9 Å². The summed E-state index contributed by atoms with van der Waals surface area (Å²) in [4.78, 5) is 28.4. The molecule has 0 aliphatic heterocycles. The highest BCUT2D eigenvalue weighted by Crippen LogP contribution is 2.28. The molecule has 1 atom stereocenters. The molecular weight excluding hydrogens is 522 g/mol. The molecule has 1 saturated carbocycles. The lowest BCUT2D eigenvalue weighted by Crippen LogP contribution is -2.50. The van der Waals surface area contributed by atoms with E-state index in [1.54, 1.807) is 36.9 Å². The molecule has 2 aromatic rings. The van der Waals surface area contributed by atoms with Gasteiger partial charge in [-0.05, 0) is 68.9 Å². The van der Waals surface area contributed by atoms with Crippen molar-refractivity contribution < 1.29 is 18.0 Å². The van der Waals surface area contributed by atoms with Gasteiger partial charge in [0.1, 0.15) is 6.04 Å². The number of benzene rings is 2. The minimum Gasteiger partial charge on any atom is -0.352 e. The second-order valence-electron chi connectivity index (χ2n) is 10.3. The molecule has 2 aromatic carbocycles. The van der Waals surface area contributed by atoms with E-state index < -0.39 is 16.1 Å². The van der Waals surface area contributed by atoms with Crippen LogP contribution in [0.4, 0.5) is 5.69 Å². The van der Waals surface area contributed by atoms with Crippen molar-refractivity contribution in [3.05, 3.63) is 64.2 Å². The van der Waals surface area contributed by atoms with Crippen LogP contribution in [-0.4, -0.2) is 50.0 Å². The van der Waals surface area contributed by atoms with Gasteiger partial charge in [0.15, 0.2) is 0 Å². The molecule has 0 saturated heterocycles. The molecular formula is C29H40ClN3O4S. The quantitative estimate of drug-likeness (QED) is 0.399. The molecule has 7 nitrogen and oxygen atoms in total. The predicted molar refractivity (Wildman–Crippen MR) is 154 cm³/mol. The van der Waals surface area contributed by atoms with E-state index in [1.807, 2.05) is 31.2 Å². The number of amides is 2. The third kappa shape index (κ3) is 7.96. The van der Waals surface area contributed by atoms with E-state index in [1.165, 1.54) is 10.7 Å². The topological polar surface area (TPSA) is 86.8 Å². The Bertz CT molecular complexity index is 1230. The summed E-state index contributed by atoms with van der Waals surface area (Å²) < 4.78 is 26.5. The van der Waals surface area contributed by atoms with Gasteiger partial charge in [0.2, 0.25) is 21.8 Å². The van der Waals surface area contributed by atoms with Crippen LogP contribution in [0.3, 0.4) is 0 Å². The molecule has 2 amide bonds. The van der Waals surface area contributed by atoms with Crippen LogP contribution < -0.4 is 9.62 Å². The lowest BCUT2D eigenvalue weighted by molar-refractivity contribution is -0.141. The maximum absolute atomic E-state index is 13.5. The Kier molecular flexibility index (Phi) is 10.6. The zero-order valence-corrected chi connectivity index (χ0v) is 24.4. The molecule has 0 spiro atoms. The van der Waals surface area contributed by atoms with Gasteiger partial charge in [-0.25, -0.2) is 8.42 Å². The molecule has 9 heteroatoms. The number of halogens is 1. The lowest BCUT2D eigenvalue weighted by Gasteiger charge is -2.32. The van der Waals surface area contributed by atoms with Crippen molar-refractivity contribution in [1.82, 2.24) is 10.2 Å². The van der Waals surface area contributed by atoms with Crippen molar-refractivity contribution in [3.8, 4) is 0 Å². The van der Waals surface area contributed by atoms with Crippen molar-refractivity contribution >= 4 is 39.1 Å². The normalized spacial score (nSPS) is 15.1. The molecule has 0 radical (unpaired) electrons. The van der Waals surface area contributed by atoms with E-state index in [9.17, 15) is 18.0 Å². The van der Waals surface area contributed by atoms with E-state index in [0.717, 1.165) is 43.1 Å². The Balaban J connectivity index is 1.75. The van der Waals surface area contributed by atoms with Crippen LogP contribution in [-0.2, 0) is 26.2 Å². The first kappa shape index (κ1) is 30.0. The number of carbonyl (C=O) groups excluding carboxylic acids is 2. The van der Waals surface area contributed by atoms with Crippen LogP contribution in [0.5, 0.6) is 0 Å². The van der Waals surface area contributed by atoms with E-state index in [2.05, 4.69) is 5.32 Å². The Labute approximate surface area is 232 Å². The molecule has 1 aliphatic carbocycles. The largest absolute Gasteiger partial charge is 0.352 e. The predicted octanol–water partition coefficient (Wildman–Crippen LogP) is 5.37. The standard InChI is InChI=1S/C29H40ClN3O4S/c1-21-12-8-9-13-24(21)20-32(23(3)29(35)31-25-14-6-5-7-15-25)28(34)18-11-19-33(38(4,36)37)27-17-10-16-26(30)22(27)2/h8-10,12-13,16-17,23,25H,5-7,11,14-15,18-20H2,1-4H3,(H,31,35)/t23-/m1/s1. The fourth-order valence-electron chi connectivity index (χ4n) is 4.97. The van der Waals surface area contributed by atoms with E-state index in [0.29, 0.717) is 29.2 Å². The van der Waals surface area contributed by atoms with Crippen molar-refractivity contribution in [2.24, 2.45) is 0 Å². The monoisotopic (exact) mass is 561 g/mol.